The van der Waals surface area contributed by atoms with Crippen LogP contribution in [0, 0.1) is 13.8 Å². The molecule has 0 amide bonds. The van der Waals surface area contributed by atoms with Crippen LogP contribution in [0.3, 0.4) is 0 Å². The third-order valence-electron chi connectivity index (χ3n) is 4.80. The lowest BCUT2D eigenvalue weighted by atomic mass is 9.81. The molecule has 3 rings (SSSR count). The molecule has 0 aromatic carbocycles. The lowest BCUT2D eigenvalue weighted by Crippen LogP contribution is -2.53. The normalized spacial score (nSPS) is 29.5. The fourth-order valence-electron chi connectivity index (χ4n) is 4.08. The maximum Gasteiger partial charge on any atom is 0.138 e. The van der Waals surface area contributed by atoms with Gasteiger partial charge < -0.3 is 4.52 Å². The second-order valence-corrected chi connectivity index (χ2v) is 6.05. The van der Waals surface area contributed by atoms with Crippen molar-refractivity contribution in [2.24, 2.45) is 0 Å². The van der Waals surface area contributed by atoms with Gasteiger partial charge in [0, 0.05) is 36.5 Å². The highest BCUT2D eigenvalue weighted by molar-refractivity contribution is 5.80. The maximum atomic E-state index is 11.8. The van der Waals surface area contributed by atoms with E-state index in [0.29, 0.717) is 23.9 Å². The molecule has 2 fully saturated rings. The van der Waals surface area contributed by atoms with E-state index in [1.165, 1.54) is 12.0 Å². The van der Waals surface area contributed by atoms with Crippen LogP contribution in [0.2, 0.25) is 0 Å². The average Bonchev–Trinajstić information content (AvgIpc) is 2.67. The lowest BCUT2D eigenvalue weighted by molar-refractivity contribution is -0.128. The van der Waals surface area contributed by atoms with Crippen LogP contribution < -0.4 is 0 Å². The summed E-state index contributed by atoms with van der Waals surface area (Å²) < 4.78 is 5.31. The van der Waals surface area contributed by atoms with E-state index in [1.54, 1.807) is 0 Å². The summed E-state index contributed by atoms with van der Waals surface area (Å²) in [7, 11) is 0. The molecule has 0 N–H and O–H groups in total. The lowest BCUT2D eigenvalue weighted by Gasteiger charge is -2.48. The first-order chi connectivity index (χ1) is 9.08. The second kappa shape index (κ2) is 4.75. The molecular formula is C15H22N2O2. The van der Waals surface area contributed by atoms with Crippen LogP contribution in [0.4, 0.5) is 0 Å². The third kappa shape index (κ3) is 2.12. The predicted molar refractivity (Wildman–Crippen MR) is 71.9 cm³/mol. The highest BCUT2D eigenvalue weighted by atomic mass is 16.5. The number of aryl methyl sites for hydroxylation is 2. The minimum Gasteiger partial charge on any atom is -0.361 e. The summed E-state index contributed by atoms with van der Waals surface area (Å²) in [5.74, 6) is 1.36. The van der Waals surface area contributed by atoms with Crippen molar-refractivity contribution in [2.75, 3.05) is 0 Å². The number of fused-ring (bicyclic) bond motifs is 2. The second-order valence-electron chi connectivity index (χ2n) is 6.05. The van der Waals surface area contributed by atoms with Crippen LogP contribution in [0.5, 0.6) is 0 Å². The van der Waals surface area contributed by atoms with Gasteiger partial charge in [0.05, 0.1) is 5.69 Å². The largest absolute Gasteiger partial charge is 0.361 e. The highest BCUT2D eigenvalue weighted by Crippen LogP contribution is 2.40. The van der Waals surface area contributed by atoms with Crippen LogP contribution in [-0.4, -0.2) is 27.9 Å². The summed E-state index contributed by atoms with van der Waals surface area (Å²) in [5, 5.41) is 4.07. The molecule has 19 heavy (non-hydrogen) atoms. The fourth-order valence-corrected chi connectivity index (χ4v) is 4.08. The molecule has 3 unspecified atom stereocenters. The number of hydrogen-bond donors (Lipinski definition) is 0. The molecule has 3 heterocycles. The summed E-state index contributed by atoms with van der Waals surface area (Å²) in [5.41, 5.74) is 2.20. The number of Topliss-reactive ketones (excluding diaryl/α,β-unsaturated/α-hetero) is 1. The van der Waals surface area contributed by atoms with Gasteiger partial charge in [0.15, 0.2) is 0 Å². The van der Waals surface area contributed by atoms with Gasteiger partial charge >= 0.3 is 0 Å². The zero-order valence-corrected chi connectivity index (χ0v) is 12.0. The van der Waals surface area contributed by atoms with Crippen molar-refractivity contribution in [3.05, 3.63) is 17.0 Å². The van der Waals surface area contributed by atoms with Gasteiger partial charge in [-0.05, 0) is 33.6 Å². The number of ketones is 1. The topological polar surface area (TPSA) is 46.3 Å². The number of piperidine rings is 2. The number of nitrogens with zero attached hydrogens (tertiary/aromatic N) is 2. The minimum atomic E-state index is 0.301. The Morgan fingerprint density at radius 3 is 2.42 bits per heavy atom. The Labute approximate surface area is 114 Å². The molecular weight excluding hydrogens is 240 g/mol. The van der Waals surface area contributed by atoms with Gasteiger partial charge in [-0.25, -0.2) is 0 Å². The first-order valence-corrected chi connectivity index (χ1v) is 7.30. The van der Waals surface area contributed by atoms with Crippen molar-refractivity contribution in [1.82, 2.24) is 10.1 Å². The molecule has 2 saturated heterocycles. The van der Waals surface area contributed by atoms with Crippen LogP contribution in [0.25, 0.3) is 0 Å². The number of carbonyl (C=O) groups excluding carboxylic acids is 1. The first-order valence-electron chi connectivity index (χ1n) is 7.30. The van der Waals surface area contributed by atoms with Gasteiger partial charge in [0.1, 0.15) is 11.5 Å². The maximum absolute atomic E-state index is 11.8. The van der Waals surface area contributed by atoms with Gasteiger partial charge in [-0.1, -0.05) is 11.6 Å². The molecule has 0 spiro atoms. The van der Waals surface area contributed by atoms with Gasteiger partial charge in [-0.3, -0.25) is 9.69 Å². The Morgan fingerprint density at radius 1 is 1.26 bits per heavy atom. The molecule has 0 radical (unpaired) electrons. The molecule has 0 saturated carbocycles. The van der Waals surface area contributed by atoms with E-state index in [0.717, 1.165) is 37.1 Å². The monoisotopic (exact) mass is 262 g/mol. The SMILES string of the molecule is Cc1noc(C)c1C(C)N1C2CCCC1CC(=O)C2. The molecule has 1 aromatic rings. The zero-order valence-electron chi connectivity index (χ0n) is 12.0. The summed E-state index contributed by atoms with van der Waals surface area (Å²) >= 11 is 0. The Bertz CT molecular complexity index is 459. The molecule has 0 aliphatic carbocycles. The molecule has 4 nitrogen and oxygen atoms in total. The average molecular weight is 262 g/mol. The Kier molecular flexibility index (Phi) is 3.21. The Balaban J connectivity index is 1.91. The zero-order chi connectivity index (χ0) is 13.6. The summed E-state index contributed by atoms with van der Waals surface area (Å²) in [6.45, 7) is 6.22. The smallest absolute Gasteiger partial charge is 0.138 e. The Morgan fingerprint density at radius 2 is 1.89 bits per heavy atom. The number of rotatable bonds is 2. The van der Waals surface area contributed by atoms with Crippen LogP contribution >= 0.6 is 0 Å². The Hall–Kier alpha value is -1.16. The standard InChI is InChI=1S/C15H22N2O2/c1-9-15(11(3)19-16-9)10(2)17-12-5-4-6-13(17)8-14(18)7-12/h10,12-13H,4-8H2,1-3H3. The van der Waals surface area contributed by atoms with E-state index in [9.17, 15) is 4.79 Å². The van der Waals surface area contributed by atoms with Gasteiger partial charge in [-0.2, -0.15) is 0 Å². The quantitative estimate of drug-likeness (QED) is 0.822. The molecule has 2 aliphatic heterocycles. The van der Waals surface area contributed by atoms with Crippen molar-refractivity contribution in [1.29, 1.82) is 0 Å². The molecule has 2 bridgehead atoms. The van der Waals surface area contributed by atoms with E-state index in [4.69, 9.17) is 4.52 Å². The summed E-state index contributed by atoms with van der Waals surface area (Å²) in [4.78, 5) is 14.4. The van der Waals surface area contributed by atoms with Crippen LogP contribution in [0.1, 0.15) is 62.1 Å². The van der Waals surface area contributed by atoms with Gasteiger partial charge in [0.25, 0.3) is 0 Å². The molecule has 3 atom stereocenters. The highest BCUT2D eigenvalue weighted by Gasteiger charge is 2.41. The van der Waals surface area contributed by atoms with Crippen molar-refractivity contribution in [3.8, 4) is 0 Å². The van der Waals surface area contributed by atoms with E-state index in [2.05, 4.69) is 17.0 Å². The number of aromatic nitrogens is 1. The third-order valence-corrected chi connectivity index (χ3v) is 4.80. The van der Waals surface area contributed by atoms with Crippen LogP contribution in [-0.2, 0) is 4.79 Å². The van der Waals surface area contributed by atoms with E-state index >= 15 is 0 Å². The molecule has 104 valence electrons. The molecule has 1 aromatic heterocycles. The van der Waals surface area contributed by atoms with Crippen molar-refractivity contribution < 1.29 is 9.32 Å². The summed E-state index contributed by atoms with van der Waals surface area (Å²) in [6, 6.07) is 1.14. The van der Waals surface area contributed by atoms with Crippen molar-refractivity contribution >= 4 is 5.78 Å². The van der Waals surface area contributed by atoms with Crippen LogP contribution in [0.15, 0.2) is 4.52 Å². The summed E-state index contributed by atoms with van der Waals surface area (Å²) in [6.07, 6.45) is 5.01. The first kappa shape index (κ1) is 12.9. The minimum absolute atomic E-state index is 0.301. The van der Waals surface area contributed by atoms with E-state index < -0.39 is 0 Å². The predicted octanol–water partition coefficient (Wildman–Crippen LogP) is 2.94. The van der Waals surface area contributed by atoms with E-state index in [1.807, 2.05) is 13.8 Å². The van der Waals surface area contributed by atoms with Crippen molar-refractivity contribution in [2.45, 2.75) is 71.0 Å². The number of carbonyl (C=O) groups is 1. The van der Waals surface area contributed by atoms with Gasteiger partial charge in [0.2, 0.25) is 0 Å². The molecule has 4 heteroatoms. The van der Waals surface area contributed by atoms with Gasteiger partial charge in [-0.15, -0.1) is 0 Å². The van der Waals surface area contributed by atoms with Crippen molar-refractivity contribution in [3.63, 3.8) is 0 Å². The number of hydrogen-bond acceptors (Lipinski definition) is 4. The fraction of sp³-hybridized carbons (Fsp3) is 0.733. The van der Waals surface area contributed by atoms with E-state index in [-0.39, 0.29) is 0 Å². The molecule has 2 aliphatic rings.